The monoisotopic (exact) mass is 439 g/mol. The molecule has 1 saturated carbocycles. The molecule has 0 spiro atoms. The van der Waals surface area contributed by atoms with Crippen LogP contribution >= 0.6 is 0 Å². The number of hydrogen-bond donors (Lipinski definition) is 2. The Bertz CT molecular complexity index is 849. The van der Waals surface area contributed by atoms with E-state index in [1.54, 1.807) is 0 Å². The van der Waals surface area contributed by atoms with Crippen LogP contribution in [0, 0.1) is 5.92 Å². The zero-order valence-electron chi connectivity index (χ0n) is 15.1. The molecule has 29 heavy (non-hydrogen) atoms. The van der Waals surface area contributed by atoms with E-state index in [0.29, 0.717) is 12.8 Å². The number of nitrogens with two attached hydrogens (primary N) is 1. The Labute approximate surface area is 164 Å². The van der Waals surface area contributed by atoms with Crippen molar-refractivity contribution in [3.8, 4) is 0 Å². The second-order valence-corrected chi connectivity index (χ2v) is 8.32. The molecule has 13 heteroatoms. The van der Waals surface area contributed by atoms with Crippen LogP contribution in [0.2, 0.25) is 0 Å². The first-order valence-corrected chi connectivity index (χ1v) is 10.0. The number of primary amides is 1. The fraction of sp³-hybridized carbons (Fsp3) is 0.562. The molecular formula is C16H20F3N3O6S. The molecule has 0 aromatic carbocycles. The summed E-state index contributed by atoms with van der Waals surface area (Å²) in [6, 6.07) is 1.30. The smallest absolute Gasteiger partial charge is 0.434 e. The van der Waals surface area contributed by atoms with E-state index in [1.807, 2.05) is 0 Å². The minimum Gasteiger partial charge on any atom is -0.483 e. The summed E-state index contributed by atoms with van der Waals surface area (Å²) >= 11 is 0. The number of carboxylic acid groups (broad SMARTS) is 1. The minimum atomic E-state index is -4.91. The number of fused-ring (bicyclic) bond motifs is 1. The Morgan fingerprint density at radius 2 is 2.03 bits per heavy atom. The first kappa shape index (κ1) is 23.0. The van der Waals surface area contributed by atoms with Gasteiger partial charge in [0, 0.05) is 18.7 Å². The molecule has 2 aliphatic rings. The number of hydrogen-bond acceptors (Lipinski definition) is 6. The number of carbonyl (C=O) groups excluding carboxylic acids is 1. The Morgan fingerprint density at radius 1 is 1.38 bits per heavy atom. The van der Waals surface area contributed by atoms with Gasteiger partial charge < -0.3 is 15.6 Å². The molecule has 2 fully saturated rings. The van der Waals surface area contributed by atoms with Gasteiger partial charge >= 0.3 is 6.18 Å². The van der Waals surface area contributed by atoms with Crippen LogP contribution in [0.4, 0.5) is 13.2 Å². The van der Waals surface area contributed by atoms with Crippen LogP contribution in [0.15, 0.2) is 23.2 Å². The maximum absolute atomic E-state index is 13.2. The van der Waals surface area contributed by atoms with Crippen LogP contribution in [-0.4, -0.2) is 60.5 Å². The van der Waals surface area contributed by atoms with Crippen LogP contribution in [0.25, 0.3) is 0 Å². The van der Waals surface area contributed by atoms with Gasteiger partial charge in [0.2, 0.25) is 15.9 Å². The van der Waals surface area contributed by atoms with E-state index in [9.17, 15) is 26.4 Å². The molecule has 2 heterocycles. The first-order chi connectivity index (χ1) is 13.5. The number of morpholine rings is 1. The highest BCUT2D eigenvalue weighted by Crippen LogP contribution is 2.38. The number of ether oxygens (including phenoxy) is 1. The van der Waals surface area contributed by atoms with E-state index in [4.69, 9.17) is 20.4 Å². The Balaban J connectivity index is 0.000000941. The molecule has 1 aliphatic heterocycles. The van der Waals surface area contributed by atoms with Crippen molar-refractivity contribution in [2.24, 2.45) is 11.7 Å². The van der Waals surface area contributed by atoms with E-state index in [0.717, 1.165) is 22.6 Å². The van der Waals surface area contributed by atoms with Crippen LogP contribution in [-0.2, 0) is 30.5 Å². The van der Waals surface area contributed by atoms with Crippen molar-refractivity contribution in [3.63, 3.8) is 0 Å². The summed E-state index contributed by atoms with van der Waals surface area (Å²) < 4.78 is 72.2. The maximum Gasteiger partial charge on any atom is 0.434 e. The van der Waals surface area contributed by atoms with Gasteiger partial charge in [0.15, 0.2) is 5.69 Å². The van der Waals surface area contributed by atoms with E-state index < -0.39 is 50.8 Å². The van der Waals surface area contributed by atoms with Crippen molar-refractivity contribution in [2.45, 2.75) is 42.5 Å². The molecule has 0 radical (unpaired) electrons. The average molecular weight is 439 g/mol. The predicted octanol–water partition coefficient (Wildman–Crippen LogP) is 0.845. The molecule has 0 unspecified atom stereocenters. The zero-order chi connectivity index (χ0) is 21.8. The first-order valence-electron chi connectivity index (χ1n) is 8.56. The number of pyridine rings is 1. The SMILES string of the molecule is NC(=O)[C@H]1CC[C@H]2OCCN(S(=O)(=O)c3cccnc3C(F)(F)F)[C@@H]2C1.O=CO. The van der Waals surface area contributed by atoms with E-state index in [1.165, 1.54) is 0 Å². The molecule has 3 rings (SSSR count). The van der Waals surface area contributed by atoms with Crippen LogP contribution in [0.1, 0.15) is 25.0 Å². The number of carbonyl (C=O) groups is 2. The molecule has 1 amide bonds. The normalized spacial score (nSPS) is 25.3. The quantitative estimate of drug-likeness (QED) is 0.665. The van der Waals surface area contributed by atoms with Gasteiger partial charge in [-0.3, -0.25) is 14.6 Å². The lowest BCUT2D eigenvalue weighted by Gasteiger charge is -2.44. The van der Waals surface area contributed by atoms with Crippen molar-refractivity contribution >= 4 is 22.4 Å². The van der Waals surface area contributed by atoms with E-state index in [-0.39, 0.29) is 26.0 Å². The zero-order valence-corrected chi connectivity index (χ0v) is 15.9. The van der Waals surface area contributed by atoms with Gasteiger partial charge in [-0.25, -0.2) is 8.42 Å². The molecule has 3 N–H and O–H groups in total. The molecule has 1 aromatic heterocycles. The fourth-order valence-electron chi connectivity index (χ4n) is 3.57. The lowest BCUT2D eigenvalue weighted by molar-refractivity contribution is -0.143. The average Bonchev–Trinajstić information content (AvgIpc) is 2.67. The third-order valence-electron chi connectivity index (χ3n) is 4.80. The van der Waals surface area contributed by atoms with Gasteiger partial charge in [0.1, 0.15) is 4.90 Å². The minimum absolute atomic E-state index is 0.0727. The number of halogens is 3. The van der Waals surface area contributed by atoms with Gasteiger partial charge in [-0.15, -0.1) is 0 Å². The molecule has 1 aromatic rings. The fourth-order valence-corrected chi connectivity index (χ4v) is 5.38. The standard InChI is InChI=1S/C15H18F3N3O4S.CH2O2/c16-15(17,18)13-12(2-1-5-20-13)26(23,24)21-6-7-25-11-4-3-9(14(19)22)8-10(11)21;2-1-3/h1-2,5,9-11H,3-4,6-8H2,(H2,19,22);1H,(H,2,3)/t9-,10+,11+;/m0./s1. The highest BCUT2D eigenvalue weighted by molar-refractivity contribution is 7.89. The van der Waals surface area contributed by atoms with Gasteiger partial charge in [-0.1, -0.05) is 0 Å². The summed E-state index contributed by atoms with van der Waals surface area (Å²) in [5, 5.41) is 6.89. The van der Waals surface area contributed by atoms with Crippen LogP contribution in [0.5, 0.6) is 0 Å². The van der Waals surface area contributed by atoms with Gasteiger partial charge in [-0.2, -0.15) is 17.5 Å². The molecule has 3 atom stereocenters. The third kappa shape index (κ3) is 5.03. The second kappa shape index (κ2) is 9.05. The third-order valence-corrected chi connectivity index (χ3v) is 6.75. The Morgan fingerprint density at radius 3 is 2.62 bits per heavy atom. The molecule has 1 saturated heterocycles. The van der Waals surface area contributed by atoms with Crippen LogP contribution in [0.3, 0.4) is 0 Å². The van der Waals surface area contributed by atoms with E-state index >= 15 is 0 Å². The second-order valence-electron chi connectivity index (χ2n) is 6.46. The Kier molecular flexibility index (Phi) is 7.19. The molecule has 9 nitrogen and oxygen atoms in total. The Hall–Kier alpha value is -2.25. The summed E-state index contributed by atoms with van der Waals surface area (Å²) in [5.74, 6) is -1.09. The number of nitrogens with zero attached hydrogens (tertiary/aromatic N) is 2. The molecule has 1 aliphatic carbocycles. The van der Waals surface area contributed by atoms with E-state index in [2.05, 4.69) is 4.98 Å². The largest absolute Gasteiger partial charge is 0.483 e. The maximum atomic E-state index is 13.2. The summed E-state index contributed by atoms with van der Waals surface area (Å²) in [7, 11) is -4.48. The van der Waals surface area contributed by atoms with Crippen molar-refractivity contribution in [1.29, 1.82) is 0 Å². The van der Waals surface area contributed by atoms with Gasteiger partial charge in [0.05, 0.1) is 18.8 Å². The summed E-state index contributed by atoms with van der Waals surface area (Å²) in [6.45, 7) is -0.273. The number of sulfonamides is 1. The number of aromatic nitrogens is 1. The lowest BCUT2D eigenvalue weighted by atomic mass is 9.82. The number of rotatable bonds is 3. The topological polar surface area (TPSA) is 140 Å². The summed E-state index contributed by atoms with van der Waals surface area (Å²) in [6.07, 6.45) is -3.47. The molecule has 0 bridgehead atoms. The van der Waals surface area contributed by atoms with Gasteiger partial charge in [-0.05, 0) is 31.4 Å². The van der Waals surface area contributed by atoms with Crippen LogP contribution < -0.4 is 5.73 Å². The highest BCUT2D eigenvalue weighted by Gasteiger charge is 2.47. The highest BCUT2D eigenvalue weighted by atomic mass is 32.2. The van der Waals surface area contributed by atoms with Crippen molar-refractivity contribution < 1.29 is 41.0 Å². The van der Waals surface area contributed by atoms with Crippen molar-refractivity contribution in [2.75, 3.05) is 13.2 Å². The van der Waals surface area contributed by atoms with Crippen molar-refractivity contribution in [3.05, 3.63) is 24.0 Å². The van der Waals surface area contributed by atoms with Crippen molar-refractivity contribution in [1.82, 2.24) is 9.29 Å². The number of amides is 1. The van der Waals surface area contributed by atoms with Gasteiger partial charge in [0.25, 0.3) is 6.47 Å². The summed E-state index contributed by atoms with van der Waals surface area (Å²) in [5.41, 5.74) is 3.88. The number of alkyl halides is 3. The predicted molar refractivity (Wildman–Crippen MR) is 91.9 cm³/mol. The molecular weight excluding hydrogens is 419 g/mol. The molecule has 162 valence electrons. The summed E-state index contributed by atoms with van der Waals surface area (Å²) in [4.78, 5) is 22.2. The lowest BCUT2D eigenvalue weighted by Crippen LogP contribution is -2.57.